The van der Waals surface area contributed by atoms with Crippen LogP contribution in [0.5, 0.6) is 0 Å². The number of piperidine rings is 1. The first kappa shape index (κ1) is 20.5. The van der Waals surface area contributed by atoms with Crippen LogP contribution in [0.2, 0.25) is 10.0 Å². The predicted molar refractivity (Wildman–Crippen MR) is 109 cm³/mol. The van der Waals surface area contributed by atoms with Gasteiger partial charge >= 0.3 is 0 Å². The number of rotatable bonds is 5. The van der Waals surface area contributed by atoms with E-state index in [0.717, 1.165) is 25.2 Å². The molecule has 1 N–H and O–H groups in total. The van der Waals surface area contributed by atoms with Crippen molar-refractivity contribution in [1.29, 1.82) is 0 Å². The van der Waals surface area contributed by atoms with E-state index in [-0.39, 0.29) is 17.9 Å². The van der Waals surface area contributed by atoms with Crippen molar-refractivity contribution in [3.8, 4) is 0 Å². The van der Waals surface area contributed by atoms with E-state index < -0.39 is 0 Å². The van der Waals surface area contributed by atoms with Crippen molar-refractivity contribution in [2.45, 2.75) is 63.8 Å². The van der Waals surface area contributed by atoms with Gasteiger partial charge in [0, 0.05) is 30.6 Å². The summed E-state index contributed by atoms with van der Waals surface area (Å²) in [6.45, 7) is 1.42. The number of nitrogens with zero attached hydrogens (tertiary/aromatic N) is 1. The predicted octanol–water partition coefficient (Wildman–Crippen LogP) is 5.07. The number of carbonyl (C=O) groups excluding carboxylic acids is 2. The van der Waals surface area contributed by atoms with Crippen molar-refractivity contribution in [2.75, 3.05) is 13.1 Å². The van der Waals surface area contributed by atoms with Crippen molar-refractivity contribution in [3.05, 3.63) is 33.8 Å². The molecule has 2 amide bonds. The standard InChI is InChI=1S/C21H28Cl2N2O2/c22-16-7-8-18(19(23)14-16)21(27)24-17-10-12-25(13-11-17)20(26)9-6-15-4-2-1-3-5-15/h7-8,14-15,17H,1-6,9-13H2,(H,24,27). The molecule has 0 spiro atoms. The summed E-state index contributed by atoms with van der Waals surface area (Å²) in [5, 5.41) is 3.90. The first-order chi connectivity index (χ1) is 13.0. The summed E-state index contributed by atoms with van der Waals surface area (Å²) in [5.41, 5.74) is 0.437. The Hall–Kier alpha value is -1.26. The molecular weight excluding hydrogens is 383 g/mol. The maximum atomic E-state index is 12.5. The van der Waals surface area contributed by atoms with Gasteiger partial charge in [-0.25, -0.2) is 0 Å². The van der Waals surface area contributed by atoms with Crippen molar-refractivity contribution in [1.82, 2.24) is 10.2 Å². The van der Waals surface area contributed by atoms with E-state index >= 15 is 0 Å². The first-order valence-corrected chi connectivity index (χ1v) is 10.8. The Balaban J connectivity index is 1.41. The zero-order valence-electron chi connectivity index (χ0n) is 15.7. The highest BCUT2D eigenvalue weighted by Crippen LogP contribution is 2.28. The lowest BCUT2D eigenvalue weighted by Gasteiger charge is -2.33. The molecular formula is C21H28Cl2N2O2. The molecule has 4 nitrogen and oxygen atoms in total. The van der Waals surface area contributed by atoms with Gasteiger partial charge in [-0.15, -0.1) is 0 Å². The van der Waals surface area contributed by atoms with Crippen LogP contribution in [-0.4, -0.2) is 35.8 Å². The van der Waals surface area contributed by atoms with Crippen molar-refractivity contribution in [3.63, 3.8) is 0 Å². The van der Waals surface area contributed by atoms with Gasteiger partial charge in [0.15, 0.2) is 0 Å². The number of carbonyl (C=O) groups is 2. The van der Waals surface area contributed by atoms with Crippen LogP contribution in [0.15, 0.2) is 18.2 Å². The number of benzene rings is 1. The van der Waals surface area contributed by atoms with Crippen LogP contribution in [-0.2, 0) is 4.79 Å². The number of hydrogen-bond donors (Lipinski definition) is 1. The molecule has 27 heavy (non-hydrogen) atoms. The summed E-state index contributed by atoms with van der Waals surface area (Å²) in [6, 6.07) is 4.96. The molecule has 0 unspecified atom stereocenters. The van der Waals surface area contributed by atoms with Gasteiger partial charge in [0.1, 0.15) is 0 Å². The minimum Gasteiger partial charge on any atom is -0.349 e. The fourth-order valence-corrected chi connectivity index (χ4v) is 4.67. The Bertz CT molecular complexity index is 666. The Morgan fingerprint density at radius 1 is 1.04 bits per heavy atom. The molecule has 6 heteroatoms. The zero-order valence-corrected chi connectivity index (χ0v) is 17.2. The third kappa shape index (κ3) is 5.86. The molecule has 1 aromatic rings. The van der Waals surface area contributed by atoms with Crippen LogP contribution in [0.1, 0.15) is 68.1 Å². The quantitative estimate of drug-likeness (QED) is 0.735. The third-order valence-corrected chi connectivity index (χ3v) is 6.40. The summed E-state index contributed by atoms with van der Waals surface area (Å²) in [5.74, 6) is 0.827. The molecule has 3 rings (SSSR count). The second-order valence-electron chi connectivity index (χ2n) is 7.80. The topological polar surface area (TPSA) is 49.4 Å². The SMILES string of the molecule is O=C(NC1CCN(C(=O)CCC2CCCCC2)CC1)c1ccc(Cl)cc1Cl. The average molecular weight is 411 g/mol. The number of amides is 2. The molecule has 1 saturated carbocycles. The van der Waals surface area contributed by atoms with Crippen molar-refractivity contribution < 1.29 is 9.59 Å². The Morgan fingerprint density at radius 3 is 2.41 bits per heavy atom. The van der Waals surface area contributed by atoms with Gasteiger partial charge in [-0.05, 0) is 43.4 Å². The molecule has 1 saturated heterocycles. The van der Waals surface area contributed by atoms with Gasteiger partial charge in [0.05, 0.1) is 10.6 Å². The fraction of sp³-hybridized carbons (Fsp3) is 0.619. The highest BCUT2D eigenvalue weighted by molar-refractivity contribution is 6.36. The second-order valence-corrected chi connectivity index (χ2v) is 8.64. The van der Waals surface area contributed by atoms with Crippen LogP contribution in [0, 0.1) is 5.92 Å². The largest absolute Gasteiger partial charge is 0.349 e. The van der Waals surface area contributed by atoms with E-state index in [0.29, 0.717) is 35.1 Å². The summed E-state index contributed by atoms with van der Waals surface area (Å²) in [7, 11) is 0. The van der Waals surface area contributed by atoms with E-state index in [1.54, 1.807) is 18.2 Å². The fourth-order valence-electron chi connectivity index (χ4n) is 4.17. The van der Waals surface area contributed by atoms with E-state index in [4.69, 9.17) is 23.2 Å². The summed E-state index contributed by atoms with van der Waals surface area (Å²) >= 11 is 12.0. The normalized spacial score (nSPS) is 19.1. The van der Waals surface area contributed by atoms with Gasteiger partial charge in [-0.1, -0.05) is 55.3 Å². The molecule has 2 aliphatic rings. The average Bonchev–Trinajstić information content (AvgIpc) is 2.67. The summed E-state index contributed by atoms with van der Waals surface area (Å²) in [6.07, 6.45) is 9.84. The maximum Gasteiger partial charge on any atom is 0.253 e. The van der Waals surface area contributed by atoms with E-state index in [1.807, 2.05) is 4.90 Å². The smallest absolute Gasteiger partial charge is 0.253 e. The molecule has 0 radical (unpaired) electrons. The van der Waals surface area contributed by atoms with Gasteiger partial charge in [-0.3, -0.25) is 9.59 Å². The number of hydrogen-bond acceptors (Lipinski definition) is 2. The zero-order chi connectivity index (χ0) is 19.2. The van der Waals surface area contributed by atoms with Gasteiger partial charge in [-0.2, -0.15) is 0 Å². The van der Waals surface area contributed by atoms with Gasteiger partial charge < -0.3 is 10.2 Å². The Morgan fingerprint density at radius 2 is 1.74 bits per heavy atom. The molecule has 1 aromatic carbocycles. The van der Waals surface area contributed by atoms with Gasteiger partial charge in [0.25, 0.3) is 5.91 Å². The summed E-state index contributed by atoms with van der Waals surface area (Å²) < 4.78 is 0. The van der Waals surface area contributed by atoms with Crippen LogP contribution in [0.25, 0.3) is 0 Å². The van der Waals surface area contributed by atoms with Crippen molar-refractivity contribution in [2.24, 2.45) is 5.92 Å². The molecule has 1 aliphatic heterocycles. The minimum atomic E-state index is -0.182. The van der Waals surface area contributed by atoms with Crippen molar-refractivity contribution >= 4 is 35.0 Å². The maximum absolute atomic E-state index is 12.5. The number of nitrogens with one attached hydrogen (secondary N) is 1. The third-order valence-electron chi connectivity index (χ3n) is 5.85. The van der Waals surface area contributed by atoms with E-state index in [9.17, 15) is 9.59 Å². The van der Waals surface area contributed by atoms with Crippen LogP contribution in [0.3, 0.4) is 0 Å². The molecule has 2 fully saturated rings. The minimum absolute atomic E-state index is 0.0756. The van der Waals surface area contributed by atoms with Crippen LogP contribution >= 0.6 is 23.2 Å². The lowest BCUT2D eigenvalue weighted by atomic mass is 9.86. The molecule has 1 aliphatic carbocycles. The van der Waals surface area contributed by atoms with Gasteiger partial charge in [0.2, 0.25) is 5.91 Å². The lowest BCUT2D eigenvalue weighted by molar-refractivity contribution is -0.132. The monoisotopic (exact) mass is 410 g/mol. The Labute approximate surface area is 171 Å². The first-order valence-electron chi connectivity index (χ1n) is 10.1. The number of likely N-dealkylation sites (tertiary alicyclic amines) is 1. The van der Waals surface area contributed by atoms with E-state index in [1.165, 1.54) is 32.1 Å². The lowest BCUT2D eigenvalue weighted by Crippen LogP contribution is -2.46. The van der Waals surface area contributed by atoms with E-state index in [2.05, 4.69) is 5.32 Å². The molecule has 1 heterocycles. The highest BCUT2D eigenvalue weighted by atomic mass is 35.5. The molecule has 0 aromatic heterocycles. The molecule has 0 atom stereocenters. The highest BCUT2D eigenvalue weighted by Gasteiger charge is 2.25. The van der Waals surface area contributed by atoms with Crippen LogP contribution in [0.4, 0.5) is 0 Å². The molecule has 0 bridgehead atoms. The Kier molecular flexibility index (Phi) is 7.42. The second kappa shape index (κ2) is 9.79. The van der Waals surface area contributed by atoms with Crippen LogP contribution < -0.4 is 5.32 Å². The summed E-state index contributed by atoms with van der Waals surface area (Å²) in [4.78, 5) is 26.9. The number of halogens is 2. The molecule has 148 valence electrons.